The third-order valence-electron chi connectivity index (χ3n) is 4.72. The molecule has 2 saturated heterocycles. The van der Waals surface area contributed by atoms with Crippen molar-refractivity contribution in [3.8, 4) is 0 Å². The minimum atomic E-state index is 0.611. The third-order valence-corrected chi connectivity index (χ3v) is 4.72. The average molecular weight is 329 g/mol. The van der Waals surface area contributed by atoms with Gasteiger partial charge in [-0.15, -0.1) is 0 Å². The highest BCUT2D eigenvalue weighted by molar-refractivity contribution is 6.05. The van der Waals surface area contributed by atoms with Crippen LogP contribution in [-0.4, -0.2) is 15.7 Å². The predicted molar refractivity (Wildman–Crippen MR) is 101 cm³/mol. The lowest BCUT2D eigenvalue weighted by atomic mass is 10.2. The molecule has 5 heterocycles. The molecule has 2 aromatic rings. The Labute approximate surface area is 145 Å². The molecule has 0 radical (unpaired) electrons. The van der Waals surface area contributed by atoms with Gasteiger partial charge in [0.1, 0.15) is 0 Å². The highest BCUT2D eigenvalue weighted by atomic mass is 15.0. The van der Waals surface area contributed by atoms with Gasteiger partial charge in [-0.05, 0) is 61.4 Å². The molecule has 5 N–H and O–H groups in total. The molecule has 3 aliphatic rings. The van der Waals surface area contributed by atoms with Crippen molar-refractivity contribution in [3.05, 3.63) is 69.8 Å². The summed E-state index contributed by atoms with van der Waals surface area (Å²) in [4.78, 5) is 6.84. The lowest BCUT2D eigenvalue weighted by Crippen LogP contribution is -2.05. The molecule has 5 heteroatoms. The zero-order valence-electron chi connectivity index (χ0n) is 13.7. The molecule has 2 aromatic heterocycles. The topological polar surface area (TPSA) is 79.5 Å². The molecule has 2 fully saturated rings. The molecule has 0 saturated carbocycles. The number of hydrogen-bond donors (Lipinski definition) is 5. The first-order chi connectivity index (χ1) is 12.2. The third kappa shape index (κ3) is 2.74. The largest absolute Gasteiger partial charge is 0.362 e. The van der Waals surface area contributed by atoms with Crippen LogP contribution in [-0.2, 0) is 0 Å². The highest BCUT2D eigenvalue weighted by Crippen LogP contribution is 2.25. The van der Waals surface area contributed by atoms with E-state index in [9.17, 15) is 0 Å². The first kappa shape index (κ1) is 14.2. The van der Waals surface area contributed by atoms with Crippen LogP contribution in [0, 0.1) is 5.41 Å². The van der Waals surface area contributed by atoms with E-state index in [1.54, 1.807) is 0 Å². The van der Waals surface area contributed by atoms with E-state index in [0.29, 0.717) is 12.1 Å². The first-order valence-corrected chi connectivity index (χ1v) is 8.54. The molecule has 0 aliphatic carbocycles. The van der Waals surface area contributed by atoms with Crippen molar-refractivity contribution in [2.75, 3.05) is 0 Å². The summed E-state index contributed by atoms with van der Waals surface area (Å²) in [5.41, 5.74) is 9.17. The number of rotatable bonds is 0. The molecule has 3 aliphatic heterocycles. The zero-order valence-corrected chi connectivity index (χ0v) is 13.7. The van der Waals surface area contributed by atoms with E-state index in [4.69, 9.17) is 5.41 Å². The molecule has 0 spiro atoms. The number of nitrogens with one attached hydrogen (secondary N) is 5. The fourth-order valence-electron chi connectivity index (χ4n) is 3.52. The summed E-state index contributed by atoms with van der Waals surface area (Å²) in [5.74, 6) is 0. The smallest absolute Gasteiger partial charge is 0.0618 e. The Morgan fingerprint density at radius 2 is 1.16 bits per heavy atom. The van der Waals surface area contributed by atoms with Crippen molar-refractivity contribution in [2.24, 2.45) is 0 Å². The van der Waals surface area contributed by atoms with E-state index in [-0.39, 0.29) is 0 Å². The fourth-order valence-corrected chi connectivity index (χ4v) is 3.52. The molecule has 5 nitrogen and oxygen atoms in total. The van der Waals surface area contributed by atoms with Gasteiger partial charge in [-0.25, -0.2) is 0 Å². The maximum atomic E-state index is 8.23. The van der Waals surface area contributed by atoms with Crippen molar-refractivity contribution < 1.29 is 0 Å². The van der Waals surface area contributed by atoms with Crippen LogP contribution in [0.25, 0.3) is 24.3 Å². The van der Waals surface area contributed by atoms with Gasteiger partial charge in [0.2, 0.25) is 0 Å². The van der Waals surface area contributed by atoms with Gasteiger partial charge in [0, 0.05) is 46.3 Å². The monoisotopic (exact) mass is 329 g/mol. The maximum Gasteiger partial charge on any atom is 0.0618 e. The van der Waals surface area contributed by atoms with Gasteiger partial charge in [-0.3, -0.25) is 0 Å². The Kier molecular flexibility index (Phi) is 3.06. The van der Waals surface area contributed by atoms with E-state index in [1.807, 2.05) is 6.08 Å². The van der Waals surface area contributed by atoms with Gasteiger partial charge < -0.3 is 26.0 Å². The number of allylic oxidation sites excluding steroid dienone is 4. The van der Waals surface area contributed by atoms with Gasteiger partial charge in [0.25, 0.3) is 0 Å². The van der Waals surface area contributed by atoms with Crippen LogP contribution in [0.4, 0.5) is 0 Å². The summed E-state index contributed by atoms with van der Waals surface area (Å²) in [7, 11) is 0. The van der Waals surface area contributed by atoms with E-state index in [2.05, 4.69) is 63.1 Å². The van der Waals surface area contributed by atoms with Crippen LogP contribution in [0.1, 0.15) is 42.0 Å². The summed E-state index contributed by atoms with van der Waals surface area (Å²) in [6, 6.07) is 8.30. The summed E-state index contributed by atoms with van der Waals surface area (Å²) < 4.78 is 0. The van der Waals surface area contributed by atoms with Crippen LogP contribution in [0.15, 0.2) is 47.1 Å². The van der Waals surface area contributed by atoms with E-state index < -0.39 is 0 Å². The quantitative estimate of drug-likeness (QED) is 0.509. The summed E-state index contributed by atoms with van der Waals surface area (Å²) in [6.07, 6.45) is 11.1. The Bertz CT molecular complexity index is 993. The molecule has 0 atom stereocenters. The number of hydrogen-bond acceptors (Lipinski definition) is 3. The minimum Gasteiger partial charge on any atom is -0.362 e. The summed E-state index contributed by atoms with van der Waals surface area (Å²) in [6.45, 7) is 0. The van der Waals surface area contributed by atoms with Crippen LogP contribution in [0.3, 0.4) is 0 Å². The van der Waals surface area contributed by atoms with Crippen molar-refractivity contribution in [2.45, 2.75) is 19.3 Å². The van der Waals surface area contributed by atoms with Gasteiger partial charge in [0.15, 0.2) is 0 Å². The normalized spacial score (nSPS) is 18.8. The molecular weight excluding hydrogens is 310 g/mol. The summed E-state index contributed by atoms with van der Waals surface area (Å²) >= 11 is 0. The number of fused-ring (bicyclic) bond motifs is 8. The van der Waals surface area contributed by atoms with Crippen LogP contribution >= 0.6 is 0 Å². The van der Waals surface area contributed by atoms with Crippen molar-refractivity contribution in [3.63, 3.8) is 0 Å². The van der Waals surface area contributed by atoms with Crippen LogP contribution in [0.2, 0.25) is 0 Å². The Balaban J connectivity index is 1.62. The van der Waals surface area contributed by atoms with E-state index in [1.165, 1.54) is 11.4 Å². The molecule has 0 unspecified atom stereocenters. The van der Waals surface area contributed by atoms with E-state index in [0.717, 1.165) is 47.0 Å². The van der Waals surface area contributed by atoms with Gasteiger partial charge in [-0.2, -0.15) is 0 Å². The second-order valence-corrected chi connectivity index (χ2v) is 6.71. The van der Waals surface area contributed by atoms with Crippen LogP contribution in [0.5, 0.6) is 0 Å². The second-order valence-electron chi connectivity index (χ2n) is 6.71. The number of aromatic nitrogens is 2. The number of H-pyrrole nitrogens is 2. The standard InChI is InChI=1S/C20H19N5/c21-19-10-18-9-16-4-3-14(23-16)7-12-1-2-13(22-12)8-15-5-6-17(24-15)11-20(19)25-18/h3-9,11,21-25H,1-2,10H2. The zero-order chi connectivity index (χ0) is 16.8. The highest BCUT2D eigenvalue weighted by Gasteiger charge is 2.18. The number of aromatic amines is 2. The van der Waals surface area contributed by atoms with Crippen molar-refractivity contribution in [1.29, 1.82) is 5.41 Å². The predicted octanol–water partition coefficient (Wildman–Crippen LogP) is 3.82. The van der Waals surface area contributed by atoms with Gasteiger partial charge >= 0.3 is 0 Å². The molecule has 124 valence electrons. The first-order valence-electron chi connectivity index (χ1n) is 8.54. The Morgan fingerprint density at radius 3 is 1.76 bits per heavy atom. The molecule has 5 rings (SSSR count). The molecule has 25 heavy (non-hydrogen) atoms. The molecule has 0 amide bonds. The SMILES string of the molecule is N=C1CC2=Cc3ccc([nH]3)C=C3CCC(=Cc4ccc([nH]4)C=C1N2)N3. The fraction of sp³-hybridized carbons (Fsp3) is 0.150. The molecule has 0 aromatic carbocycles. The molecular formula is C20H19N5. The van der Waals surface area contributed by atoms with E-state index >= 15 is 0 Å². The Hall–Kier alpha value is -3.21. The molecule has 8 bridgehead atoms. The van der Waals surface area contributed by atoms with Crippen molar-refractivity contribution in [1.82, 2.24) is 20.6 Å². The summed E-state index contributed by atoms with van der Waals surface area (Å²) in [5, 5.41) is 15.1. The Morgan fingerprint density at radius 1 is 0.640 bits per heavy atom. The van der Waals surface area contributed by atoms with Crippen molar-refractivity contribution >= 4 is 30.0 Å². The average Bonchev–Trinajstić information content (AvgIpc) is 3.33. The maximum absolute atomic E-state index is 8.23. The lowest BCUT2D eigenvalue weighted by Gasteiger charge is -2.01. The lowest BCUT2D eigenvalue weighted by molar-refractivity contribution is 1.06. The van der Waals surface area contributed by atoms with Gasteiger partial charge in [-0.1, -0.05) is 0 Å². The van der Waals surface area contributed by atoms with Crippen LogP contribution < -0.4 is 10.6 Å². The minimum absolute atomic E-state index is 0.611. The van der Waals surface area contributed by atoms with Gasteiger partial charge in [0.05, 0.1) is 11.4 Å². The second kappa shape index (κ2) is 5.41.